The second kappa shape index (κ2) is 8.54. The van der Waals surface area contributed by atoms with Crippen LogP contribution in [0.5, 0.6) is 5.75 Å². The van der Waals surface area contributed by atoms with Crippen molar-refractivity contribution in [2.75, 3.05) is 11.9 Å². The number of hydrogen-bond donors (Lipinski definition) is 0. The summed E-state index contributed by atoms with van der Waals surface area (Å²) in [5.41, 5.74) is 0. The molecule has 1 rings (SSSR count). The van der Waals surface area contributed by atoms with Crippen LogP contribution in [0.15, 0.2) is 27.1 Å². The molecule has 0 spiro atoms. The van der Waals surface area contributed by atoms with Crippen molar-refractivity contribution in [3.8, 4) is 5.75 Å². The molecule has 0 unspecified atom stereocenters. The van der Waals surface area contributed by atoms with Gasteiger partial charge in [-0.1, -0.05) is 28.8 Å². The highest BCUT2D eigenvalue weighted by Gasteiger charge is 1.99. The van der Waals surface area contributed by atoms with Gasteiger partial charge in [0.05, 0.1) is 6.61 Å². The molecule has 0 saturated heterocycles. The molecule has 0 bridgehead atoms. The van der Waals surface area contributed by atoms with Crippen LogP contribution in [-0.4, -0.2) is 11.9 Å². The summed E-state index contributed by atoms with van der Waals surface area (Å²) in [5.74, 6) is 0.926. The maximum atomic E-state index is 5.66. The van der Waals surface area contributed by atoms with Gasteiger partial charge >= 0.3 is 0 Å². The Morgan fingerprint density at radius 1 is 0.938 bits per heavy atom. The van der Waals surface area contributed by atoms with Gasteiger partial charge in [0.25, 0.3) is 0 Å². The third-order valence-corrected chi connectivity index (χ3v) is 4.63. The van der Waals surface area contributed by atoms with E-state index in [0.717, 1.165) is 33.1 Å². The predicted molar refractivity (Wildman–Crippen MR) is 79.6 cm³/mol. The summed E-state index contributed by atoms with van der Waals surface area (Å²) >= 11 is 10.3. The summed E-state index contributed by atoms with van der Waals surface area (Å²) in [6.07, 6.45) is 4.90. The Kier molecular flexibility index (Phi) is 7.75. The molecule has 0 heterocycles. The molecule has 0 saturated carbocycles. The summed E-state index contributed by atoms with van der Waals surface area (Å²) < 4.78 is 7.74. The lowest BCUT2D eigenvalue weighted by atomic mass is 10.2. The molecule has 1 aromatic carbocycles. The number of rotatable bonds is 7. The van der Waals surface area contributed by atoms with Crippen LogP contribution < -0.4 is 4.74 Å². The Labute approximate surface area is 122 Å². The maximum Gasteiger partial charge on any atom is 0.120 e. The van der Waals surface area contributed by atoms with Gasteiger partial charge in [-0.2, -0.15) is 0 Å². The first kappa shape index (κ1) is 14.5. The molecule has 0 aromatic heterocycles. The Hall–Kier alpha value is 0.460. The Bertz CT molecular complexity index is 315. The average Bonchev–Trinajstić information content (AvgIpc) is 2.28. The van der Waals surface area contributed by atoms with Crippen LogP contribution in [0.1, 0.15) is 25.7 Å². The molecule has 0 amide bonds. The van der Waals surface area contributed by atoms with E-state index in [1.807, 2.05) is 18.2 Å². The van der Waals surface area contributed by atoms with Crippen molar-refractivity contribution in [1.82, 2.24) is 0 Å². The number of halogens is 3. The highest BCUT2D eigenvalue weighted by atomic mass is 79.9. The molecular formula is C12H15Br3O. The van der Waals surface area contributed by atoms with E-state index >= 15 is 0 Å². The van der Waals surface area contributed by atoms with Crippen molar-refractivity contribution >= 4 is 47.8 Å². The monoisotopic (exact) mass is 412 g/mol. The molecule has 1 aromatic rings. The number of benzene rings is 1. The van der Waals surface area contributed by atoms with Gasteiger partial charge in [0, 0.05) is 14.3 Å². The first-order chi connectivity index (χ1) is 7.74. The SMILES string of the molecule is BrCCCCCCOc1ccc(Br)c(Br)c1. The molecule has 4 heteroatoms. The first-order valence-corrected chi connectivity index (χ1v) is 8.08. The van der Waals surface area contributed by atoms with Gasteiger partial charge in [-0.05, 0) is 62.9 Å². The van der Waals surface area contributed by atoms with Crippen LogP contribution >= 0.6 is 47.8 Å². The summed E-state index contributed by atoms with van der Waals surface area (Å²) in [6.45, 7) is 0.802. The molecule has 0 radical (unpaired) electrons. The lowest BCUT2D eigenvalue weighted by Gasteiger charge is -2.07. The minimum atomic E-state index is 0.802. The highest BCUT2D eigenvalue weighted by molar-refractivity contribution is 9.13. The van der Waals surface area contributed by atoms with E-state index < -0.39 is 0 Å². The standard InChI is InChI=1S/C12H15Br3O/c13-7-3-1-2-4-8-16-10-5-6-11(14)12(15)9-10/h5-6,9H,1-4,7-8H2. The summed E-state index contributed by atoms with van der Waals surface area (Å²) in [7, 11) is 0. The normalized spacial score (nSPS) is 10.4. The number of ether oxygens (including phenoxy) is 1. The number of hydrogen-bond acceptors (Lipinski definition) is 1. The fourth-order valence-corrected chi connectivity index (χ4v) is 2.31. The fraction of sp³-hybridized carbons (Fsp3) is 0.500. The zero-order chi connectivity index (χ0) is 11.8. The van der Waals surface area contributed by atoms with Gasteiger partial charge in [-0.15, -0.1) is 0 Å². The number of unbranched alkanes of at least 4 members (excludes halogenated alkanes) is 3. The van der Waals surface area contributed by atoms with Gasteiger partial charge in [0.15, 0.2) is 0 Å². The lowest BCUT2D eigenvalue weighted by Crippen LogP contribution is -1.97. The average molecular weight is 415 g/mol. The van der Waals surface area contributed by atoms with Crippen LogP contribution in [0, 0.1) is 0 Å². The van der Waals surface area contributed by atoms with E-state index in [1.54, 1.807) is 0 Å². The summed E-state index contributed by atoms with van der Waals surface area (Å²) in [5, 5.41) is 1.10. The second-order valence-electron chi connectivity index (χ2n) is 3.53. The quantitative estimate of drug-likeness (QED) is 0.420. The summed E-state index contributed by atoms with van der Waals surface area (Å²) in [6, 6.07) is 5.96. The molecular weight excluding hydrogens is 400 g/mol. The van der Waals surface area contributed by atoms with Gasteiger partial charge in [-0.3, -0.25) is 0 Å². The van der Waals surface area contributed by atoms with Crippen LogP contribution in [0.4, 0.5) is 0 Å². The summed E-state index contributed by atoms with van der Waals surface area (Å²) in [4.78, 5) is 0. The third-order valence-electron chi connectivity index (χ3n) is 2.19. The molecule has 0 aliphatic carbocycles. The van der Waals surface area contributed by atoms with Crippen molar-refractivity contribution in [3.63, 3.8) is 0 Å². The van der Waals surface area contributed by atoms with E-state index in [0.29, 0.717) is 0 Å². The van der Waals surface area contributed by atoms with Crippen LogP contribution in [-0.2, 0) is 0 Å². The lowest BCUT2D eigenvalue weighted by molar-refractivity contribution is 0.305. The topological polar surface area (TPSA) is 9.23 Å². The zero-order valence-corrected chi connectivity index (χ0v) is 13.8. The zero-order valence-electron chi connectivity index (χ0n) is 9.02. The van der Waals surface area contributed by atoms with Gasteiger partial charge < -0.3 is 4.74 Å². The Morgan fingerprint density at radius 2 is 1.69 bits per heavy atom. The third kappa shape index (κ3) is 5.69. The maximum absolute atomic E-state index is 5.66. The Balaban J connectivity index is 2.19. The smallest absolute Gasteiger partial charge is 0.120 e. The van der Waals surface area contributed by atoms with Crippen molar-refractivity contribution in [3.05, 3.63) is 27.1 Å². The van der Waals surface area contributed by atoms with Crippen LogP contribution in [0.2, 0.25) is 0 Å². The minimum Gasteiger partial charge on any atom is -0.494 e. The molecule has 0 aliphatic rings. The molecule has 0 aliphatic heterocycles. The van der Waals surface area contributed by atoms with Crippen molar-refractivity contribution in [2.45, 2.75) is 25.7 Å². The minimum absolute atomic E-state index is 0.802. The highest BCUT2D eigenvalue weighted by Crippen LogP contribution is 2.27. The largest absolute Gasteiger partial charge is 0.494 e. The van der Waals surface area contributed by atoms with E-state index in [-0.39, 0.29) is 0 Å². The first-order valence-electron chi connectivity index (χ1n) is 5.38. The molecule has 0 fully saturated rings. The van der Waals surface area contributed by atoms with E-state index in [1.165, 1.54) is 19.3 Å². The second-order valence-corrected chi connectivity index (χ2v) is 6.03. The van der Waals surface area contributed by atoms with Crippen LogP contribution in [0.25, 0.3) is 0 Å². The number of alkyl halides is 1. The molecule has 1 nitrogen and oxygen atoms in total. The molecule has 90 valence electrons. The van der Waals surface area contributed by atoms with Crippen molar-refractivity contribution in [1.29, 1.82) is 0 Å². The van der Waals surface area contributed by atoms with Gasteiger partial charge in [-0.25, -0.2) is 0 Å². The Morgan fingerprint density at radius 3 is 2.38 bits per heavy atom. The molecule has 0 N–H and O–H groups in total. The predicted octanol–water partition coefficient (Wildman–Crippen LogP) is 5.55. The molecule has 0 atom stereocenters. The van der Waals surface area contributed by atoms with Crippen molar-refractivity contribution in [2.24, 2.45) is 0 Å². The van der Waals surface area contributed by atoms with E-state index in [4.69, 9.17) is 4.74 Å². The fourth-order valence-electron chi connectivity index (χ4n) is 1.31. The van der Waals surface area contributed by atoms with Gasteiger partial charge in [0.1, 0.15) is 5.75 Å². The molecule has 16 heavy (non-hydrogen) atoms. The van der Waals surface area contributed by atoms with Gasteiger partial charge in [0.2, 0.25) is 0 Å². The van der Waals surface area contributed by atoms with E-state index in [2.05, 4.69) is 47.8 Å². The van der Waals surface area contributed by atoms with Crippen LogP contribution in [0.3, 0.4) is 0 Å². The van der Waals surface area contributed by atoms with Crippen molar-refractivity contribution < 1.29 is 4.74 Å². The van der Waals surface area contributed by atoms with E-state index in [9.17, 15) is 0 Å².